The third-order valence-electron chi connectivity index (χ3n) is 9.85. The van der Waals surface area contributed by atoms with Crippen LogP contribution in [-0.2, 0) is 28.2 Å². The number of hydrogen-bond acceptors (Lipinski definition) is 6. The van der Waals surface area contributed by atoms with Crippen LogP contribution in [0.5, 0.6) is 0 Å². The predicted octanol–water partition coefficient (Wildman–Crippen LogP) is 3.35. The fraction of sp³-hybridized carbons (Fsp3) is 0.438. The zero-order valence-corrected chi connectivity index (χ0v) is 26.1. The van der Waals surface area contributed by atoms with Crippen molar-refractivity contribution in [3.63, 3.8) is 0 Å². The minimum absolute atomic E-state index is 0.210. The normalized spacial score (nSPS) is 24.0. The van der Waals surface area contributed by atoms with E-state index in [1.54, 1.807) is 23.9 Å². The summed E-state index contributed by atoms with van der Waals surface area (Å²) in [6.07, 6.45) is 0. The van der Waals surface area contributed by atoms with Gasteiger partial charge in [-0.3, -0.25) is 9.59 Å². The summed E-state index contributed by atoms with van der Waals surface area (Å²) in [5.41, 5.74) is 3.54. The monoisotopic (exact) mass is 568 g/mol. The molecule has 2 amide bonds. The molecule has 0 saturated carbocycles. The van der Waals surface area contributed by atoms with E-state index < -0.39 is 36.6 Å². The van der Waals surface area contributed by atoms with Crippen molar-refractivity contribution in [3.8, 4) is 0 Å². The summed E-state index contributed by atoms with van der Waals surface area (Å²) >= 11 is 0. The third kappa shape index (κ3) is 4.14. The second-order valence-corrected chi connectivity index (χ2v) is 13.6. The van der Waals surface area contributed by atoms with Crippen LogP contribution < -0.4 is 10.9 Å². The van der Waals surface area contributed by atoms with E-state index in [1.807, 2.05) is 104 Å². The molecule has 2 saturated heterocycles. The van der Waals surface area contributed by atoms with Gasteiger partial charge in [0.15, 0.2) is 0 Å². The summed E-state index contributed by atoms with van der Waals surface area (Å²) in [6.45, 7) is 16.2. The Morgan fingerprint density at radius 2 is 0.762 bits per heavy atom. The van der Waals surface area contributed by atoms with E-state index in [1.165, 1.54) is 0 Å². The maximum absolute atomic E-state index is 13.7. The van der Waals surface area contributed by atoms with Crippen molar-refractivity contribution in [3.05, 3.63) is 70.8 Å². The Kier molecular flexibility index (Phi) is 6.31. The quantitative estimate of drug-likeness (QED) is 0.527. The molecule has 0 spiro atoms. The second-order valence-electron chi connectivity index (χ2n) is 13.6. The van der Waals surface area contributed by atoms with Crippen molar-refractivity contribution in [1.82, 2.24) is 9.80 Å². The standard InChI is InChI=1S/C32H38B2N2O6/c1-29(2)30(3,4)40-33(39-29)21-15-11-19(12-16-21)25-23-24(28(38)35(25)9)26(36(10)27(23)37)20-13-17-22(18-14-20)34-41-31(5,6)32(7,8)42-34/h11-18H,1-10H3. The molecule has 0 N–H and O–H groups in total. The number of fused-ring (bicyclic) bond motifs is 1. The lowest BCUT2D eigenvalue weighted by atomic mass is 9.78. The first kappa shape index (κ1) is 28.9. The topological polar surface area (TPSA) is 77.5 Å². The Bertz CT molecular complexity index is 1410. The van der Waals surface area contributed by atoms with E-state index in [9.17, 15) is 9.59 Å². The molecule has 0 aromatic heterocycles. The largest absolute Gasteiger partial charge is 0.494 e. The van der Waals surface area contributed by atoms with Crippen LogP contribution in [0.15, 0.2) is 59.7 Å². The van der Waals surface area contributed by atoms with Crippen molar-refractivity contribution >= 4 is 48.4 Å². The van der Waals surface area contributed by atoms with Crippen LogP contribution in [0.2, 0.25) is 0 Å². The molecule has 0 unspecified atom stereocenters. The van der Waals surface area contributed by atoms with Crippen LogP contribution in [0.4, 0.5) is 0 Å². The number of likely N-dealkylation sites (N-methyl/N-ethyl adjacent to an activating group) is 2. The molecular weight excluding hydrogens is 530 g/mol. The molecule has 218 valence electrons. The zero-order valence-electron chi connectivity index (χ0n) is 26.1. The minimum Gasteiger partial charge on any atom is -0.399 e. The molecule has 42 heavy (non-hydrogen) atoms. The molecule has 2 fully saturated rings. The second kappa shape index (κ2) is 9.16. The first-order valence-corrected chi connectivity index (χ1v) is 14.4. The van der Waals surface area contributed by atoms with E-state index in [4.69, 9.17) is 18.6 Å². The van der Waals surface area contributed by atoms with Gasteiger partial charge in [0.2, 0.25) is 0 Å². The molecule has 10 heteroatoms. The van der Waals surface area contributed by atoms with Gasteiger partial charge in [0.05, 0.1) is 44.9 Å². The third-order valence-corrected chi connectivity index (χ3v) is 9.85. The van der Waals surface area contributed by atoms with Gasteiger partial charge in [0, 0.05) is 14.1 Å². The van der Waals surface area contributed by atoms with E-state index in [0.29, 0.717) is 22.5 Å². The fourth-order valence-electron chi connectivity index (χ4n) is 5.76. The van der Waals surface area contributed by atoms with Crippen LogP contribution in [0.3, 0.4) is 0 Å². The highest BCUT2D eigenvalue weighted by molar-refractivity contribution is 6.62. The number of amides is 2. The Hall–Kier alpha value is -3.17. The number of hydrogen-bond donors (Lipinski definition) is 0. The summed E-state index contributed by atoms with van der Waals surface area (Å²) in [6, 6.07) is 15.4. The van der Waals surface area contributed by atoms with Crippen LogP contribution in [0.1, 0.15) is 66.5 Å². The molecule has 0 atom stereocenters. The van der Waals surface area contributed by atoms with Gasteiger partial charge in [0.25, 0.3) is 11.8 Å². The highest BCUT2D eigenvalue weighted by Crippen LogP contribution is 2.45. The Labute approximate surface area is 248 Å². The fourth-order valence-corrected chi connectivity index (χ4v) is 5.76. The van der Waals surface area contributed by atoms with Crippen LogP contribution in [-0.4, -0.2) is 72.4 Å². The smallest absolute Gasteiger partial charge is 0.399 e. The summed E-state index contributed by atoms with van der Waals surface area (Å²) in [4.78, 5) is 30.4. The van der Waals surface area contributed by atoms with Gasteiger partial charge in [-0.2, -0.15) is 0 Å². The summed E-state index contributed by atoms with van der Waals surface area (Å²) in [5, 5.41) is 0. The maximum Gasteiger partial charge on any atom is 0.494 e. The lowest BCUT2D eigenvalue weighted by Gasteiger charge is -2.32. The van der Waals surface area contributed by atoms with E-state index >= 15 is 0 Å². The summed E-state index contributed by atoms with van der Waals surface area (Å²) in [5.74, 6) is -0.421. The number of rotatable bonds is 4. The summed E-state index contributed by atoms with van der Waals surface area (Å²) < 4.78 is 24.8. The number of carbonyl (C=O) groups is 2. The highest BCUT2D eigenvalue weighted by Gasteiger charge is 2.53. The molecule has 0 aliphatic carbocycles. The molecule has 4 aliphatic rings. The van der Waals surface area contributed by atoms with Crippen LogP contribution >= 0.6 is 0 Å². The molecule has 2 aromatic rings. The SMILES string of the molecule is CN1C(=O)C2=C(c3ccc(B4OC(C)(C)C(C)(C)O4)cc3)N(C)C(=O)C2=C1c1ccc(B2OC(C)(C)C(C)(C)O2)cc1. The molecule has 6 rings (SSSR count). The molecule has 2 aromatic carbocycles. The highest BCUT2D eigenvalue weighted by atomic mass is 16.7. The predicted molar refractivity (Wildman–Crippen MR) is 164 cm³/mol. The maximum atomic E-state index is 13.7. The van der Waals surface area contributed by atoms with Crippen LogP contribution in [0, 0.1) is 0 Å². The lowest BCUT2D eigenvalue weighted by Crippen LogP contribution is -2.41. The van der Waals surface area contributed by atoms with Crippen molar-refractivity contribution in [2.24, 2.45) is 0 Å². The number of carbonyl (C=O) groups excluding carboxylic acids is 2. The minimum atomic E-state index is -0.494. The first-order chi connectivity index (χ1) is 19.5. The Morgan fingerprint density at radius 3 is 1.02 bits per heavy atom. The van der Waals surface area contributed by atoms with Gasteiger partial charge in [-0.1, -0.05) is 48.5 Å². The van der Waals surface area contributed by atoms with Crippen molar-refractivity contribution in [2.45, 2.75) is 77.8 Å². The number of nitrogens with zero attached hydrogens (tertiary/aromatic N) is 2. The van der Waals surface area contributed by atoms with E-state index in [0.717, 1.165) is 22.1 Å². The summed E-state index contributed by atoms with van der Waals surface area (Å²) in [7, 11) is 2.44. The van der Waals surface area contributed by atoms with Crippen molar-refractivity contribution in [1.29, 1.82) is 0 Å². The average molecular weight is 568 g/mol. The Morgan fingerprint density at radius 1 is 0.500 bits per heavy atom. The van der Waals surface area contributed by atoms with Crippen molar-refractivity contribution < 1.29 is 28.2 Å². The molecule has 8 nitrogen and oxygen atoms in total. The van der Waals surface area contributed by atoms with Gasteiger partial charge in [-0.15, -0.1) is 0 Å². The lowest BCUT2D eigenvalue weighted by molar-refractivity contribution is -0.123. The van der Waals surface area contributed by atoms with E-state index in [-0.39, 0.29) is 11.8 Å². The number of benzene rings is 2. The van der Waals surface area contributed by atoms with Crippen molar-refractivity contribution in [2.75, 3.05) is 14.1 Å². The zero-order chi connectivity index (χ0) is 30.6. The Balaban J connectivity index is 1.33. The van der Waals surface area contributed by atoms with Gasteiger partial charge < -0.3 is 28.4 Å². The van der Waals surface area contributed by atoms with E-state index in [2.05, 4.69) is 0 Å². The van der Waals surface area contributed by atoms with Gasteiger partial charge >= 0.3 is 14.2 Å². The molecule has 4 heterocycles. The first-order valence-electron chi connectivity index (χ1n) is 14.4. The van der Waals surface area contributed by atoms with Gasteiger partial charge in [-0.25, -0.2) is 0 Å². The van der Waals surface area contributed by atoms with Gasteiger partial charge in [-0.05, 0) is 77.4 Å². The van der Waals surface area contributed by atoms with Gasteiger partial charge in [0.1, 0.15) is 0 Å². The average Bonchev–Trinajstić information content (AvgIpc) is 3.49. The molecular formula is C32H38B2N2O6. The van der Waals surface area contributed by atoms with Crippen LogP contribution in [0.25, 0.3) is 11.4 Å². The molecule has 0 radical (unpaired) electrons. The molecule has 0 bridgehead atoms. The molecule has 4 aliphatic heterocycles.